The molecule has 1 amide bonds. The molecule has 1 fully saturated rings. The Labute approximate surface area is 168 Å². The lowest BCUT2D eigenvalue weighted by Crippen LogP contribution is -2.16. The largest absolute Gasteiger partial charge is 0.298 e. The van der Waals surface area contributed by atoms with Gasteiger partial charge in [0.2, 0.25) is 0 Å². The van der Waals surface area contributed by atoms with Crippen molar-refractivity contribution in [2.24, 2.45) is 5.92 Å². The number of amides is 1. The van der Waals surface area contributed by atoms with E-state index < -0.39 is 10.8 Å². The Bertz CT molecular complexity index is 827. The molecule has 1 atom stereocenters. The number of hydrogen-bond acceptors (Lipinski definition) is 5. The van der Waals surface area contributed by atoms with Gasteiger partial charge in [0.1, 0.15) is 4.34 Å². The van der Waals surface area contributed by atoms with Gasteiger partial charge in [0, 0.05) is 27.5 Å². The normalized spacial score (nSPS) is 17.1. The monoisotopic (exact) mass is 426 g/mol. The lowest BCUT2D eigenvalue weighted by molar-refractivity contribution is -0.111. The van der Waals surface area contributed by atoms with Gasteiger partial charge in [-0.05, 0) is 48.0 Å². The molecule has 1 N–H and O–H groups in total. The van der Waals surface area contributed by atoms with Gasteiger partial charge in [0.05, 0.1) is 6.20 Å². The van der Waals surface area contributed by atoms with Crippen LogP contribution in [0.1, 0.15) is 18.4 Å². The van der Waals surface area contributed by atoms with Crippen LogP contribution in [0, 0.1) is 5.92 Å². The average molecular weight is 427 g/mol. The fraction of sp³-hybridized carbons (Fsp3) is 0.333. The lowest BCUT2D eigenvalue weighted by Gasteiger charge is -2.19. The Hall–Kier alpha value is -1.15. The highest BCUT2D eigenvalue weighted by Gasteiger charge is 2.19. The van der Waals surface area contributed by atoms with E-state index in [-0.39, 0.29) is 5.91 Å². The first kappa shape index (κ1) is 19.6. The van der Waals surface area contributed by atoms with Gasteiger partial charge in [-0.15, -0.1) is 0 Å². The molecule has 8 heteroatoms. The lowest BCUT2D eigenvalue weighted by atomic mass is 9.95. The summed E-state index contributed by atoms with van der Waals surface area (Å²) in [5, 5.41) is 3.32. The molecule has 0 aliphatic carbocycles. The molecule has 2 heterocycles. The van der Waals surface area contributed by atoms with Crippen molar-refractivity contribution in [3.05, 3.63) is 46.4 Å². The molecule has 1 unspecified atom stereocenters. The van der Waals surface area contributed by atoms with E-state index in [1.807, 2.05) is 36.0 Å². The van der Waals surface area contributed by atoms with Crippen molar-refractivity contribution in [1.82, 2.24) is 4.98 Å². The van der Waals surface area contributed by atoms with Crippen LogP contribution in [0.5, 0.6) is 0 Å². The van der Waals surface area contributed by atoms with Gasteiger partial charge >= 0.3 is 0 Å². The van der Waals surface area contributed by atoms with Gasteiger partial charge in [-0.3, -0.25) is 14.3 Å². The van der Waals surface area contributed by atoms with Crippen LogP contribution in [0.2, 0.25) is 4.34 Å². The van der Waals surface area contributed by atoms with E-state index in [1.54, 1.807) is 6.26 Å². The van der Waals surface area contributed by atoms with Crippen LogP contribution >= 0.6 is 34.7 Å². The zero-order chi connectivity index (χ0) is 18.5. The highest BCUT2D eigenvalue weighted by molar-refractivity contribution is 7.99. The molecule has 3 rings (SSSR count). The van der Waals surface area contributed by atoms with E-state index in [9.17, 15) is 9.00 Å². The number of allylic oxidation sites excluding steroid dienone is 1. The second-order valence-electron chi connectivity index (χ2n) is 5.93. The summed E-state index contributed by atoms with van der Waals surface area (Å²) in [7, 11) is -1.04. The maximum absolute atomic E-state index is 12.9. The van der Waals surface area contributed by atoms with Crippen molar-refractivity contribution < 1.29 is 9.00 Å². The van der Waals surface area contributed by atoms with E-state index in [2.05, 4.69) is 16.4 Å². The van der Waals surface area contributed by atoms with Crippen molar-refractivity contribution in [3.8, 4) is 0 Å². The number of thiazole rings is 1. The van der Waals surface area contributed by atoms with E-state index in [0.29, 0.717) is 21.0 Å². The van der Waals surface area contributed by atoms with E-state index in [4.69, 9.17) is 11.6 Å². The maximum Gasteiger partial charge on any atom is 0.257 e. The summed E-state index contributed by atoms with van der Waals surface area (Å²) in [4.78, 5) is 17.7. The quantitative estimate of drug-likeness (QED) is 0.704. The van der Waals surface area contributed by atoms with Gasteiger partial charge in [-0.2, -0.15) is 11.8 Å². The van der Waals surface area contributed by atoms with Gasteiger partial charge in [-0.25, -0.2) is 4.98 Å². The van der Waals surface area contributed by atoms with Crippen molar-refractivity contribution in [1.29, 1.82) is 0 Å². The molecular formula is C18H19ClN2O2S3. The minimum Gasteiger partial charge on any atom is -0.298 e. The summed E-state index contributed by atoms with van der Waals surface area (Å²) >= 11 is 9.09. The first-order chi connectivity index (χ1) is 12.5. The Morgan fingerprint density at radius 1 is 1.31 bits per heavy atom. The van der Waals surface area contributed by atoms with Crippen LogP contribution in [0.4, 0.5) is 5.13 Å². The van der Waals surface area contributed by atoms with E-state index >= 15 is 0 Å². The van der Waals surface area contributed by atoms with Gasteiger partial charge in [-0.1, -0.05) is 41.1 Å². The Morgan fingerprint density at radius 3 is 2.58 bits per heavy atom. The summed E-state index contributed by atoms with van der Waals surface area (Å²) in [5.41, 5.74) is 1.44. The minimum atomic E-state index is -1.04. The second-order valence-corrected chi connectivity index (χ2v) is 10.2. The third kappa shape index (κ3) is 5.19. The minimum absolute atomic E-state index is 0.195. The topological polar surface area (TPSA) is 59.1 Å². The van der Waals surface area contributed by atoms with Crippen molar-refractivity contribution >= 4 is 62.1 Å². The molecular weight excluding hydrogens is 408 g/mol. The molecule has 1 saturated heterocycles. The number of nitrogens with one attached hydrogen (secondary N) is 1. The number of carbonyl (C=O) groups is 1. The first-order valence-corrected chi connectivity index (χ1v) is 12.1. The van der Waals surface area contributed by atoms with Crippen molar-refractivity contribution in [3.63, 3.8) is 0 Å². The SMILES string of the molecule is CS(=O)c1ccc(/C(=C\C2CCSCC2)C(=O)Nc2ncc(Cl)s2)cc1. The van der Waals surface area contributed by atoms with Crippen LogP contribution in [0.15, 0.2) is 41.4 Å². The third-order valence-electron chi connectivity index (χ3n) is 4.11. The predicted octanol–water partition coefficient (Wildman–Crippen LogP) is 4.70. The third-order valence-corrected chi connectivity index (χ3v) is 7.12. The molecule has 1 aromatic carbocycles. The summed E-state index contributed by atoms with van der Waals surface area (Å²) < 4.78 is 12.1. The molecule has 1 aliphatic heterocycles. The van der Waals surface area contributed by atoms with Crippen LogP contribution in [0.3, 0.4) is 0 Å². The number of nitrogens with zero attached hydrogens (tertiary/aromatic N) is 1. The first-order valence-electron chi connectivity index (χ1n) is 8.19. The molecule has 26 heavy (non-hydrogen) atoms. The second kappa shape index (κ2) is 9.17. The van der Waals surface area contributed by atoms with Gasteiger partial charge in [0.25, 0.3) is 5.91 Å². The van der Waals surface area contributed by atoms with Gasteiger partial charge in [0.15, 0.2) is 5.13 Å². The molecule has 2 aromatic rings. The molecule has 0 bridgehead atoms. The van der Waals surface area contributed by atoms with Gasteiger partial charge < -0.3 is 0 Å². The summed E-state index contributed by atoms with van der Waals surface area (Å²) in [6.07, 6.45) is 7.38. The molecule has 0 saturated carbocycles. The van der Waals surface area contributed by atoms with Crippen LogP contribution in [0.25, 0.3) is 5.57 Å². The fourth-order valence-electron chi connectivity index (χ4n) is 2.72. The van der Waals surface area contributed by atoms with Crippen LogP contribution < -0.4 is 5.32 Å². The number of benzene rings is 1. The average Bonchev–Trinajstić information content (AvgIpc) is 3.05. The maximum atomic E-state index is 12.9. The summed E-state index contributed by atoms with van der Waals surface area (Å²) in [6, 6.07) is 7.33. The summed E-state index contributed by atoms with van der Waals surface area (Å²) in [5.74, 6) is 2.43. The zero-order valence-electron chi connectivity index (χ0n) is 14.2. The number of hydrogen-bond donors (Lipinski definition) is 1. The summed E-state index contributed by atoms with van der Waals surface area (Å²) in [6.45, 7) is 0. The zero-order valence-corrected chi connectivity index (χ0v) is 17.4. The molecule has 4 nitrogen and oxygen atoms in total. The van der Waals surface area contributed by atoms with Crippen LogP contribution in [-0.2, 0) is 15.6 Å². The number of halogens is 1. The Morgan fingerprint density at radius 2 is 2.00 bits per heavy atom. The smallest absolute Gasteiger partial charge is 0.257 e. The number of thioether (sulfide) groups is 1. The van der Waals surface area contributed by atoms with E-state index in [1.165, 1.54) is 17.5 Å². The number of rotatable bonds is 5. The molecule has 0 radical (unpaired) electrons. The Balaban J connectivity index is 1.88. The fourth-order valence-corrected chi connectivity index (χ4v) is 5.19. The number of anilines is 1. The van der Waals surface area contributed by atoms with Crippen LogP contribution in [-0.4, -0.2) is 32.9 Å². The highest BCUT2D eigenvalue weighted by atomic mass is 35.5. The molecule has 1 aliphatic rings. The number of aromatic nitrogens is 1. The van der Waals surface area contributed by atoms with Crippen molar-refractivity contribution in [2.75, 3.05) is 23.1 Å². The standard InChI is InChI=1S/C18H19ClN2O2S3/c1-26(23)14-4-2-13(3-5-14)15(10-12-6-8-24-9-7-12)17(22)21-18-20-11-16(19)25-18/h2-5,10-12H,6-9H2,1H3,(H,20,21,22)/b15-10+. The number of carbonyl (C=O) groups excluding carboxylic acids is 1. The Kier molecular flexibility index (Phi) is 6.92. The predicted molar refractivity (Wildman–Crippen MR) is 113 cm³/mol. The van der Waals surface area contributed by atoms with Crippen molar-refractivity contribution in [2.45, 2.75) is 17.7 Å². The van der Waals surface area contributed by atoms with E-state index in [0.717, 1.165) is 34.8 Å². The molecule has 1 aromatic heterocycles. The highest BCUT2D eigenvalue weighted by Crippen LogP contribution is 2.29. The molecule has 0 spiro atoms. The molecule has 138 valence electrons.